The summed E-state index contributed by atoms with van der Waals surface area (Å²) in [5, 5.41) is 12.1. The molecule has 0 aromatic heterocycles. The highest BCUT2D eigenvalue weighted by Crippen LogP contribution is 2.14. The van der Waals surface area contributed by atoms with E-state index < -0.39 is 17.9 Å². The summed E-state index contributed by atoms with van der Waals surface area (Å²) in [5.74, 6) is -1.01. The molecule has 1 unspecified atom stereocenters. The number of hydrogen-bond donors (Lipinski definition) is 2. The molecule has 0 heterocycles. The van der Waals surface area contributed by atoms with Gasteiger partial charge in [0, 0.05) is 23.1 Å². The molecule has 0 fully saturated rings. The van der Waals surface area contributed by atoms with Crippen molar-refractivity contribution in [2.75, 3.05) is 6.61 Å². The van der Waals surface area contributed by atoms with Gasteiger partial charge >= 0.3 is 5.97 Å². The fraction of sp³-hybridized carbons (Fsp3) is 0.160. The lowest BCUT2D eigenvalue weighted by molar-refractivity contribution is -0.145. The van der Waals surface area contributed by atoms with E-state index in [2.05, 4.69) is 5.32 Å². The van der Waals surface area contributed by atoms with Crippen LogP contribution >= 0.6 is 0 Å². The van der Waals surface area contributed by atoms with Crippen molar-refractivity contribution in [2.24, 2.45) is 0 Å². The van der Waals surface area contributed by atoms with Crippen molar-refractivity contribution in [3.63, 3.8) is 0 Å². The summed E-state index contributed by atoms with van der Waals surface area (Å²) in [6.45, 7) is 1.89. The lowest BCUT2D eigenvalue weighted by atomic mass is 10.0. The summed E-state index contributed by atoms with van der Waals surface area (Å²) < 4.78 is 5.09. The molecule has 0 spiro atoms. The Morgan fingerprint density at radius 3 is 2.03 bits per heavy atom. The topological polar surface area (TPSA) is 92.7 Å². The minimum absolute atomic E-state index is 0.116. The van der Waals surface area contributed by atoms with Crippen LogP contribution in [0.1, 0.15) is 38.8 Å². The predicted octanol–water partition coefficient (Wildman–Crippen LogP) is 3.53. The van der Waals surface area contributed by atoms with Crippen LogP contribution in [0.25, 0.3) is 0 Å². The summed E-state index contributed by atoms with van der Waals surface area (Å²) in [6, 6.07) is 20.7. The van der Waals surface area contributed by atoms with Crippen LogP contribution in [0, 0.1) is 0 Å². The van der Waals surface area contributed by atoms with Crippen LogP contribution in [0.4, 0.5) is 0 Å². The Kier molecular flexibility index (Phi) is 7.17. The van der Waals surface area contributed by atoms with Crippen molar-refractivity contribution in [1.29, 1.82) is 0 Å². The molecule has 158 valence electrons. The molecule has 1 atom stereocenters. The third-order valence-corrected chi connectivity index (χ3v) is 4.70. The molecule has 0 bridgehead atoms. The number of nitrogens with one attached hydrogen (secondary N) is 1. The Labute approximate surface area is 180 Å². The number of carbonyl (C=O) groups excluding carboxylic acids is 3. The number of rotatable bonds is 8. The first kappa shape index (κ1) is 21.8. The van der Waals surface area contributed by atoms with Crippen molar-refractivity contribution in [1.82, 2.24) is 5.32 Å². The Balaban J connectivity index is 1.72. The van der Waals surface area contributed by atoms with Gasteiger partial charge in [-0.1, -0.05) is 54.6 Å². The van der Waals surface area contributed by atoms with E-state index in [1.54, 1.807) is 67.6 Å². The van der Waals surface area contributed by atoms with Crippen LogP contribution in [-0.4, -0.2) is 35.4 Å². The van der Waals surface area contributed by atoms with Crippen molar-refractivity contribution < 1.29 is 24.2 Å². The van der Waals surface area contributed by atoms with E-state index in [0.29, 0.717) is 16.7 Å². The maximum absolute atomic E-state index is 12.7. The Hall–Kier alpha value is -3.93. The number of carbonyl (C=O) groups is 3. The number of ketones is 1. The van der Waals surface area contributed by atoms with Crippen LogP contribution in [0.2, 0.25) is 0 Å². The molecule has 0 radical (unpaired) electrons. The fourth-order valence-electron chi connectivity index (χ4n) is 3.07. The zero-order valence-corrected chi connectivity index (χ0v) is 17.1. The van der Waals surface area contributed by atoms with Gasteiger partial charge in [0.1, 0.15) is 11.8 Å². The number of esters is 1. The fourth-order valence-corrected chi connectivity index (χ4v) is 3.07. The van der Waals surface area contributed by atoms with Gasteiger partial charge in [-0.15, -0.1) is 0 Å². The van der Waals surface area contributed by atoms with Gasteiger partial charge < -0.3 is 15.2 Å². The van der Waals surface area contributed by atoms with E-state index in [1.165, 1.54) is 12.1 Å². The van der Waals surface area contributed by atoms with Crippen molar-refractivity contribution in [3.8, 4) is 5.75 Å². The number of phenolic OH excluding ortho intramolecular Hbond substituents is 1. The molecule has 6 heteroatoms. The number of phenols is 1. The van der Waals surface area contributed by atoms with Crippen molar-refractivity contribution >= 4 is 17.7 Å². The molecule has 3 aromatic rings. The Morgan fingerprint density at radius 2 is 1.42 bits per heavy atom. The van der Waals surface area contributed by atoms with Crippen LogP contribution < -0.4 is 5.32 Å². The number of aromatic hydroxyl groups is 1. The minimum Gasteiger partial charge on any atom is -0.508 e. The predicted molar refractivity (Wildman–Crippen MR) is 116 cm³/mol. The molecule has 2 N–H and O–H groups in total. The molecule has 3 rings (SSSR count). The van der Waals surface area contributed by atoms with Gasteiger partial charge in [-0.25, -0.2) is 4.79 Å². The minimum atomic E-state index is -0.886. The summed E-state index contributed by atoms with van der Waals surface area (Å²) in [7, 11) is 0. The lowest BCUT2D eigenvalue weighted by Crippen LogP contribution is -2.43. The standard InChI is InChI=1S/C25H23NO5/c1-2-31-25(30)22(16-17-8-14-21(27)15-9-17)26-24(29)20-12-10-19(11-13-20)23(28)18-6-4-3-5-7-18/h3-15,22,27H,2,16H2,1H3,(H,26,29). The first-order valence-corrected chi connectivity index (χ1v) is 9.93. The molecule has 1 amide bonds. The van der Waals surface area contributed by atoms with Crippen molar-refractivity contribution in [3.05, 3.63) is 101 Å². The van der Waals surface area contributed by atoms with Crippen LogP contribution in [0.3, 0.4) is 0 Å². The van der Waals surface area contributed by atoms with E-state index in [4.69, 9.17) is 4.74 Å². The van der Waals surface area contributed by atoms with Crippen LogP contribution in [0.15, 0.2) is 78.9 Å². The number of ether oxygens (including phenoxy) is 1. The third kappa shape index (κ3) is 5.79. The Morgan fingerprint density at radius 1 is 0.839 bits per heavy atom. The summed E-state index contributed by atoms with van der Waals surface area (Å²) in [4.78, 5) is 37.6. The van der Waals surface area contributed by atoms with Gasteiger partial charge in [0.15, 0.2) is 5.78 Å². The molecule has 6 nitrogen and oxygen atoms in total. The smallest absolute Gasteiger partial charge is 0.328 e. The summed E-state index contributed by atoms with van der Waals surface area (Å²) in [6.07, 6.45) is 0.218. The monoisotopic (exact) mass is 417 g/mol. The number of amides is 1. The van der Waals surface area contributed by atoms with E-state index in [0.717, 1.165) is 5.56 Å². The molecular formula is C25H23NO5. The SMILES string of the molecule is CCOC(=O)C(Cc1ccc(O)cc1)NC(=O)c1ccc(C(=O)c2ccccc2)cc1. The van der Waals surface area contributed by atoms with Gasteiger partial charge in [0.25, 0.3) is 5.91 Å². The van der Waals surface area contributed by atoms with Crippen molar-refractivity contribution in [2.45, 2.75) is 19.4 Å². The molecule has 0 aliphatic heterocycles. The quantitative estimate of drug-likeness (QED) is 0.432. The highest BCUT2D eigenvalue weighted by Gasteiger charge is 2.23. The second kappa shape index (κ2) is 10.2. The number of hydrogen-bond acceptors (Lipinski definition) is 5. The van der Waals surface area contributed by atoms with Gasteiger partial charge in [0.2, 0.25) is 0 Å². The highest BCUT2D eigenvalue weighted by molar-refractivity contribution is 6.09. The summed E-state index contributed by atoms with van der Waals surface area (Å²) in [5.41, 5.74) is 2.12. The second-order valence-electron chi connectivity index (χ2n) is 6.92. The van der Waals surface area contributed by atoms with Gasteiger partial charge in [-0.2, -0.15) is 0 Å². The first-order valence-electron chi connectivity index (χ1n) is 9.93. The zero-order valence-electron chi connectivity index (χ0n) is 17.1. The largest absolute Gasteiger partial charge is 0.508 e. The molecule has 31 heavy (non-hydrogen) atoms. The molecule has 0 aliphatic carbocycles. The van der Waals surface area contributed by atoms with Crippen LogP contribution in [0.5, 0.6) is 5.75 Å². The summed E-state index contributed by atoms with van der Waals surface area (Å²) >= 11 is 0. The van der Waals surface area contributed by atoms with Gasteiger partial charge in [0.05, 0.1) is 6.61 Å². The van der Waals surface area contributed by atoms with E-state index in [1.807, 2.05) is 6.07 Å². The van der Waals surface area contributed by atoms with Gasteiger partial charge in [-0.3, -0.25) is 9.59 Å². The van der Waals surface area contributed by atoms with Gasteiger partial charge in [-0.05, 0) is 36.8 Å². The maximum Gasteiger partial charge on any atom is 0.328 e. The highest BCUT2D eigenvalue weighted by atomic mass is 16.5. The normalized spacial score (nSPS) is 11.4. The average molecular weight is 417 g/mol. The first-order chi connectivity index (χ1) is 15.0. The van der Waals surface area contributed by atoms with E-state index >= 15 is 0 Å². The molecule has 0 saturated heterocycles. The lowest BCUT2D eigenvalue weighted by Gasteiger charge is -2.17. The van der Waals surface area contributed by atoms with E-state index in [-0.39, 0.29) is 24.6 Å². The Bertz CT molecular complexity index is 1040. The third-order valence-electron chi connectivity index (χ3n) is 4.70. The van der Waals surface area contributed by atoms with Crippen LogP contribution in [-0.2, 0) is 16.0 Å². The second-order valence-corrected chi connectivity index (χ2v) is 6.92. The van der Waals surface area contributed by atoms with E-state index in [9.17, 15) is 19.5 Å². The average Bonchev–Trinajstić information content (AvgIpc) is 2.80. The molecule has 0 aliphatic rings. The zero-order chi connectivity index (χ0) is 22.2. The maximum atomic E-state index is 12.7. The molecular weight excluding hydrogens is 394 g/mol. The number of benzene rings is 3. The molecule has 0 saturated carbocycles. The molecule has 3 aromatic carbocycles.